The van der Waals surface area contributed by atoms with Gasteiger partial charge in [-0.1, -0.05) is 0 Å². The summed E-state index contributed by atoms with van der Waals surface area (Å²) in [4.78, 5) is 0. The molecule has 0 spiro atoms. The van der Waals surface area contributed by atoms with Crippen LogP contribution in [0.5, 0.6) is 0 Å². The van der Waals surface area contributed by atoms with Crippen LogP contribution in [0.15, 0.2) is 12.3 Å². The van der Waals surface area contributed by atoms with Gasteiger partial charge in [-0.2, -0.15) is 8.42 Å². The van der Waals surface area contributed by atoms with Crippen molar-refractivity contribution in [2.24, 2.45) is 0 Å². The third-order valence-corrected chi connectivity index (χ3v) is 2.44. The summed E-state index contributed by atoms with van der Waals surface area (Å²) < 4.78 is 25.2. The second-order valence-corrected chi connectivity index (χ2v) is 3.54. The second kappa shape index (κ2) is 1.48. The van der Waals surface area contributed by atoms with Crippen LogP contribution in [-0.2, 0) is 14.3 Å². The first-order valence-electron chi connectivity index (χ1n) is 2.22. The van der Waals surface area contributed by atoms with E-state index in [0.717, 1.165) is 0 Å². The van der Waals surface area contributed by atoms with Crippen molar-refractivity contribution < 1.29 is 12.6 Å². The summed E-state index contributed by atoms with van der Waals surface area (Å²) in [5.74, 6) is 0. The Balaban J connectivity index is 2.96. The van der Waals surface area contributed by atoms with Crippen molar-refractivity contribution in [2.45, 2.75) is 12.2 Å². The lowest BCUT2D eigenvalue weighted by Crippen LogP contribution is -2.09. The van der Waals surface area contributed by atoms with Crippen LogP contribution in [0.25, 0.3) is 0 Å². The molecule has 0 fully saturated rings. The molecule has 0 aliphatic carbocycles. The van der Waals surface area contributed by atoms with Gasteiger partial charge >= 0.3 is 10.1 Å². The first kappa shape index (κ1) is 5.62. The number of hydrogen-bond acceptors (Lipinski definition) is 3. The molecule has 0 bridgehead atoms. The topological polar surface area (TPSA) is 43.4 Å². The highest BCUT2D eigenvalue weighted by molar-refractivity contribution is 7.87. The van der Waals surface area contributed by atoms with Crippen LogP contribution in [0.4, 0.5) is 0 Å². The van der Waals surface area contributed by atoms with Gasteiger partial charge in [-0.25, -0.2) is 0 Å². The normalized spacial score (nSPS) is 32.4. The summed E-state index contributed by atoms with van der Waals surface area (Å²) in [5.41, 5.74) is 0. The van der Waals surface area contributed by atoms with Crippen LogP contribution in [-0.4, -0.2) is 13.7 Å². The molecule has 0 radical (unpaired) electrons. The zero-order valence-corrected chi connectivity index (χ0v) is 5.18. The molecule has 1 aliphatic heterocycles. The molecule has 3 nitrogen and oxygen atoms in total. The van der Waals surface area contributed by atoms with E-state index in [9.17, 15) is 8.42 Å². The van der Waals surface area contributed by atoms with Gasteiger partial charge in [0, 0.05) is 0 Å². The second-order valence-electron chi connectivity index (χ2n) is 1.62. The van der Waals surface area contributed by atoms with E-state index in [0.29, 0.717) is 0 Å². The molecule has 0 aromatic rings. The van der Waals surface area contributed by atoms with Gasteiger partial charge in [-0.15, -0.1) is 0 Å². The molecule has 1 aliphatic rings. The van der Waals surface area contributed by atoms with Gasteiger partial charge in [-0.3, -0.25) is 0 Å². The zero-order chi connectivity index (χ0) is 6.20. The van der Waals surface area contributed by atoms with Gasteiger partial charge in [0.05, 0.1) is 0 Å². The van der Waals surface area contributed by atoms with Crippen LogP contribution >= 0.6 is 0 Å². The fraction of sp³-hybridized carbons (Fsp3) is 0.500. The maximum absolute atomic E-state index is 10.5. The molecule has 4 heteroatoms. The molecule has 0 aromatic carbocycles. The van der Waals surface area contributed by atoms with E-state index < -0.39 is 15.4 Å². The quantitative estimate of drug-likeness (QED) is 0.446. The van der Waals surface area contributed by atoms with E-state index in [1.165, 1.54) is 12.3 Å². The summed E-state index contributed by atoms with van der Waals surface area (Å²) >= 11 is 0. The summed E-state index contributed by atoms with van der Waals surface area (Å²) in [5, 5.41) is -0.470. The molecule has 46 valence electrons. The molecule has 0 amide bonds. The number of rotatable bonds is 0. The molecule has 1 heterocycles. The van der Waals surface area contributed by atoms with Crippen molar-refractivity contribution in [3.63, 3.8) is 0 Å². The maximum atomic E-state index is 10.5. The standard InChI is InChI=1S/C4H6O3S/c1-4-2-3-7-8(4,5)6/h2-4H,1H3. The summed E-state index contributed by atoms with van der Waals surface area (Å²) in [6.07, 6.45) is 2.69. The van der Waals surface area contributed by atoms with Gasteiger partial charge in [0.1, 0.15) is 11.5 Å². The zero-order valence-electron chi connectivity index (χ0n) is 4.37. The Morgan fingerprint density at radius 3 is 2.38 bits per heavy atom. The molecule has 0 saturated carbocycles. The Morgan fingerprint density at radius 1 is 1.62 bits per heavy atom. The summed E-state index contributed by atoms with van der Waals surface area (Å²) in [7, 11) is -3.24. The van der Waals surface area contributed by atoms with E-state index in [1.807, 2.05) is 0 Å². The molecule has 1 rings (SSSR count). The van der Waals surface area contributed by atoms with E-state index in [4.69, 9.17) is 0 Å². The summed E-state index contributed by atoms with van der Waals surface area (Å²) in [6, 6.07) is 0. The highest BCUT2D eigenvalue weighted by Gasteiger charge is 2.22. The average Bonchev–Trinajstić information content (AvgIpc) is 1.86. The van der Waals surface area contributed by atoms with Crippen molar-refractivity contribution in [1.82, 2.24) is 0 Å². The first-order valence-corrected chi connectivity index (χ1v) is 3.69. The molecule has 1 atom stereocenters. The number of hydrogen-bond donors (Lipinski definition) is 0. The van der Waals surface area contributed by atoms with Crippen LogP contribution in [0.1, 0.15) is 6.92 Å². The lowest BCUT2D eigenvalue weighted by Gasteiger charge is -1.95. The predicted octanol–water partition coefficient (Wildman–Crippen LogP) is 0.249. The Morgan fingerprint density at radius 2 is 2.25 bits per heavy atom. The third-order valence-electron chi connectivity index (χ3n) is 0.995. The Kier molecular flexibility index (Phi) is 1.04. The van der Waals surface area contributed by atoms with Crippen molar-refractivity contribution in [3.05, 3.63) is 12.3 Å². The highest BCUT2D eigenvalue weighted by Crippen LogP contribution is 2.12. The molecular formula is C4H6O3S. The monoisotopic (exact) mass is 134 g/mol. The van der Waals surface area contributed by atoms with E-state index in [1.54, 1.807) is 6.92 Å². The molecular weight excluding hydrogens is 128 g/mol. The minimum absolute atomic E-state index is 0.470. The summed E-state index contributed by atoms with van der Waals surface area (Å²) in [6.45, 7) is 1.57. The van der Waals surface area contributed by atoms with Gasteiger partial charge in [0.25, 0.3) is 0 Å². The fourth-order valence-corrected chi connectivity index (χ4v) is 1.05. The van der Waals surface area contributed by atoms with Gasteiger partial charge < -0.3 is 4.18 Å². The van der Waals surface area contributed by atoms with Crippen molar-refractivity contribution in [2.75, 3.05) is 0 Å². The van der Waals surface area contributed by atoms with Crippen LogP contribution in [0.2, 0.25) is 0 Å². The Labute approximate surface area is 48.1 Å². The highest BCUT2D eigenvalue weighted by atomic mass is 32.2. The maximum Gasteiger partial charge on any atom is 0.314 e. The van der Waals surface area contributed by atoms with Gasteiger partial charge in [-0.05, 0) is 13.0 Å². The van der Waals surface area contributed by atoms with E-state index in [-0.39, 0.29) is 0 Å². The minimum atomic E-state index is -3.24. The lowest BCUT2D eigenvalue weighted by molar-refractivity contribution is 0.454. The SMILES string of the molecule is CC1C=COS1(=O)=O. The van der Waals surface area contributed by atoms with E-state index in [2.05, 4.69) is 4.18 Å². The average molecular weight is 134 g/mol. The van der Waals surface area contributed by atoms with Crippen molar-refractivity contribution >= 4 is 10.1 Å². The van der Waals surface area contributed by atoms with Gasteiger partial charge in [0.2, 0.25) is 0 Å². The van der Waals surface area contributed by atoms with Crippen LogP contribution in [0.3, 0.4) is 0 Å². The third kappa shape index (κ3) is 0.709. The molecule has 1 unspecified atom stereocenters. The minimum Gasteiger partial charge on any atom is -0.390 e. The molecule has 0 aromatic heterocycles. The van der Waals surface area contributed by atoms with Crippen LogP contribution in [0, 0.1) is 0 Å². The lowest BCUT2D eigenvalue weighted by atomic mass is 10.5. The first-order chi connectivity index (χ1) is 3.63. The Hall–Kier alpha value is -0.510. The molecule has 0 saturated heterocycles. The Bertz CT molecular complexity index is 201. The molecule has 0 N–H and O–H groups in total. The van der Waals surface area contributed by atoms with Crippen molar-refractivity contribution in [1.29, 1.82) is 0 Å². The largest absolute Gasteiger partial charge is 0.390 e. The van der Waals surface area contributed by atoms with Crippen LogP contribution < -0.4 is 0 Å². The molecule has 8 heavy (non-hydrogen) atoms. The smallest absolute Gasteiger partial charge is 0.314 e. The van der Waals surface area contributed by atoms with Crippen molar-refractivity contribution in [3.8, 4) is 0 Å². The predicted molar refractivity (Wildman–Crippen MR) is 28.6 cm³/mol. The van der Waals surface area contributed by atoms with Gasteiger partial charge in [0.15, 0.2) is 0 Å². The fourth-order valence-electron chi connectivity index (χ4n) is 0.404. The van der Waals surface area contributed by atoms with E-state index >= 15 is 0 Å².